The van der Waals surface area contributed by atoms with Gasteiger partial charge in [0.2, 0.25) is 6.79 Å². The third kappa shape index (κ3) is 2.68. The second kappa shape index (κ2) is 5.36. The van der Waals surface area contributed by atoms with Crippen LogP contribution in [0, 0.1) is 0 Å². The molecule has 2 heterocycles. The molecule has 0 aliphatic carbocycles. The molecule has 3 rings (SSSR count). The highest BCUT2D eigenvalue weighted by molar-refractivity contribution is 5.44. The van der Waals surface area contributed by atoms with Gasteiger partial charge in [-0.15, -0.1) is 0 Å². The smallest absolute Gasteiger partial charge is 0.231 e. The number of benzene rings is 1. The molecule has 0 saturated carbocycles. The Balaban J connectivity index is 1.72. The normalized spacial score (nSPS) is 26.6. The van der Waals surface area contributed by atoms with Crippen LogP contribution in [0.15, 0.2) is 18.2 Å². The van der Waals surface area contributed by atoms with Gasteiger partial charge in [-0.3, -0.25) is 4.90 Å². The maximum absolute atomic E-state index is 9.45. The van der Waals surface area contributed by atoms with E-state index in [1.54, 1.807) is 0 Å². The fourth-order valence-corrected chi connectivity index (χ4v) is 2.68. The van der Waals surface area contributed by atoms with Crippen molar-refractivity contribution in [1.82, 2.24) is 10.2 Å². The van der Waals surface area contributed by atoms with Crippen molar-refractivity contribution in [2.75, 3.05) is 26.5 Å². The average molecular weight is 264 g/mol. The number of ether oxygens (including phenoxy) is 2. The first-order valence-electron chi connectivity index (χ1n) is 6.73. The molecule has 2 aliphatic rings. The standard InChI is InChI=1S/C14H20N2O3/c1-10-6-16(12(8-17)5-15-10)7-11-2-3-13-14(4-11)19-9-18-13/h2-4,10,12,15,17H,5-9H2,1H3. The second-order valence-corrected chi connectivity index (χ2v) is 5.26. The Morgan fingerprint density at radius 3 is 3.05 bits per heavy atom. The second-order valence-electron chi connectivity index (χ2n) is 5.26. The molecule has 1 aromatic carbocycles. The lowest BCUT2D eigenvalue weighted by atomic mass is 10.1. The van der Waals surface area contributed by atoms with E-state index in [2.05, 4.69) is 23.2 Å². The lowest BCUT2D eigenvalue weighted by Crippen LogP contribution is -2.56. The predicted molar refractivity (Wildman–Crippen MR) is 71.3 cm³/mol. The highest BCUT2D eigenvalue weighted by Crippen LogP contribution is 2.33. The van der Waals surface area contributed by atoms with E-state index in [-0.39, 0.29) is 12.6 Å². The zero-order chi connectivity index (χ0) is 13.2. The highest BCUT2D eigenvalue weighted by Gasteiger charge is 2.25. The number of aliphatic hydroxyl groups excluding tert-OH is 1. The number of rotatable bonds is 3. The van der Waals surface area contributed by atoms with E-state index < -0.39 is 0 Å². The zero-order valence-corrected chi connectivity index (χ0v) is 11.1. The van der Waals surface area contributed by atoms with E-state index in [1.165, 1.54) is 5.56 Å². The molecule has 0 bridgehead atoms. The summed E-state index contributed by atoms with van der Waals surface area (Å²) in [5, 5.41) is 12.8. The molecule has 0 radical (unpaired) electrons. The van der Waals surface area contributed by atoms with E-state index in [0.29, 0.717) is 12.8 Å². The molecular weight excluding hydrogens is 244 g/mol. The first-order chi connectivity index (χ1) is 9.26. The number of piperazine rings is 1. The van der Waals surface area contributed by atoms with Crippen molar-refractivity contribution in [1.29, 1.82) is 0 Å². The molecule has 0 aromatic heterocycles. The van der Waals surface area contributed by atoms with E-state index >= 15 is 0 Å². The van der Waals surface area contributed by atoms with E-state index in [4.69, 9.17) is 9.47 Å². The van der Waals surface area contributed by atoms with Crippen molar-refractivity contribution in [3.05, 3.63) is 23.8 Å². The van der Waals surface area contributed by atoms with Gasteiger partial charge in [0.1, 0.15) is 0 Å². The first-order valence-corrected chi connectivity index (χ1v) is 6.73. The highest BCUT2D eigenvalue weighted by atomic mass is 16.7. The van der Waals surface area contributed by atoms with E-state index in [9.17, 15) is 5.11 Å². The van der Waals surface area contributed by atoms with Crippen LogP contribution in [0.5, 0.6) is 11.5 Å². The van der Waals surface area contributed by atoms with Crippen molar-refractivity contribution >= 4 is 0 Å². The van der Waals surface area contributed by atoms with Crippen LogP contribution in [0.1, 0.15) is 12.5 Å². The summed E-state index contributed by atoms with van der Waals surface area (Å²) in [4.78, 5) is 2.32. The SMILES string of the molecule is CC1CN(Cc2ccc3c(c2)OCO3)C(CO)CN1. The Bertz CT molecular complexity index is 452. The molecular formula is C14H20N2O3. The molecule has 19 heavy (non-hydrogen) atoms. The van der Waals surface area contributed by atoms with Crippen molar-refractivity contribution in [2.45, 2.75) is 25.6 Å². The largest absolute Gasteiger partial charge is 0.454 e. The van der Waals surface area contributed by atoms with Gasteiger partial charge in [0, 0.05) is 31.7 Å². The van der Waals surface area contributed by atoms with Crippen molar-refractivity contribution in [3.63, 3.8) is 0 Å². The monoisotopic (exact) mass is 264 g/mol. The number of nitrogens with zero attached hydrogens (tertiary/aromatic N) is 1. The zero-order valence-electron chi connectivity index (χ0n) is 11.1. The molecule has 5 heteroatoms. The summed E-state index contributed by atoms with van der Waals surface area (Å²) < 4.78 is 10.7. The van der Waals surface area contributed by atoms with Gasteiger partial charge in [0.05, 0.1) is 6.61 Å². The number of fused-ring (bicyclic) bond motifs is 1. The Morgan fingerprint density at radius 2 is 2.21 bits per heavy atom. The minimum Gasteiger partial charge on any atom is -0.454 e. The van der Waals surface area contributed by atoms with E-state index in [1.807, 2.05) is 12.1 Å². The maximum atomic E-state index is 9.45. The molecule has 1 saturated heterocycles. The minimum absolute atomic E-state index is 0.182. The molecule has 5 nitrogen and oxygen atoms in total. The summed E-state index contributed by atoms with van der Waals surface area (Å²) in [5.41, 5.74) is 1.19. The third-order valence-electron chi connectivity index (χ3n) is 3.76. The number of hydrogen-bond acceptors (Lipinski definition) is 5. The topological polar surface area (TPSA) is 54.0 Å². The lowest BCUT2D eigenvalue weighted by Gasteiger charge is -2.38. The van der Waals surface area contributed by atoms with Crippen LogP contribution < -0.4 is 14.8 Å². The van der Waals surface area contributed by atoms with Crippen LogP contribution in [-0.4, -0.2) is 48.6 Å². The molecule has 2 N–H and O–H groups in total. The molecule has 2 atom stereocenters. The Morgan fingerprint density at radius 1 is 1.37 bits per heavy atom. The van der Waals surface area contributed by atoms with Crippen LogP contribution in [-0.2, 0) is 6.54 Å². The van der Waals surface area contributed by atoms with E-state index in [0.717, 1.165) is 31.1 Å². The quantitative estimate of drug-likeness (QED) is 0.836. The van der Waals surface area contributed by atoms with Crippen LogP contribution in [0.25, 0.3) is 0 Å². The van der Waals surface area contributed by atoms with Crippen LogP contribution in [0.2, 0.25) is 0 Å². The molecule has 0 spiro atoms. The fourth-order valence-electron chi connectivity index (χ4n) is 2.68. The Labute approximate surface area is 113 Å². The van der Waals surface area contributed by atoms with Gasteiger partial charge in [0.15, 0.2) is 11.5 Å². The van der Waals surface area contributed by atoms with Crippen molar-refractivity contribution in [2.24, 2.45) is 0 Å². The maximum Gasteiger partial charge on any atom is 0.231 e. The van der Waals surface area contributed by atoms with Gasteiger partial charge in [0.25, 0.3) is 0 Å². The number of aliphatic hydroxyl groups is 1. The molecule has 2 aliphatic heterocycles. The summed E-state index contributed by atoms with van der Waals surface area (Å²) in [6.07, 6.45) is 0. The summed E-state index contributed by atoms with van der Waals surface area (Å²) in [5.74, 6) is 1.64. The van der Waals surface area contributed by atoms with Crippen LogP contribution in [0.3, 0.4) is 0 Å². The summed E-state index contributed by atoms with van der Waals surface area (Å²) in [7, 11) is 0. The lowest BCUT2D eigenvalue weighted by molar-refractivity contribution is 0.0780. The van der Waals surface area contributed by atoms with Gasteiger partial charge in [-0.1, -0.05) is 6.07 Å². The average Bonchev–Trinajstić information content (AvgIpc) is 2.86. The van der Waals surface area contributed by atoms with Crippen molar-refractivity contribution in [3.8, 4) is 11.5 Å². The Kier molecular flexibility index (Phi) is 3.59. The van der Waals surface area contributed by atoms with Gasteiger partial charge in [-0.2, -0.15) is 0 Å². The van der Waals surface area contributed by atoms with Crippen LogP contribution in [0.4, 0.5) is 0 Å². The van der Waals surface area contributed by atoms with Gasteiger partial charge in [-0.25, -0.2) is 0 Å². The predicted octanol–water partition coefficient (Wildman–Crippen LogP) is 0.570. The van der Waals surface area contributed by atoms with Gasteiger partial charge < -0.3 is 19.9 Å². The summed E-state index contributed by atoms with van der Waals surface area (Å²) >= 11 is 0. The fraction of sp³-hybridized carbons (Fsp3) is 0.571. The van der Waals surface area contributed by atoms with Crippen LogP contribution >= 0.6 is 0 Å². The molecule has 2 unspecified atom stereocenters. The summed E-state index contributed by atoms with van der Waals surface area (Å²) in [6, 6.07) is 6.69. The number of hydrogen-bond donors (Lipinski definition) is 2. The third-order valence-corrected chi connectivity index (χ3v) is 3.76. The molecule has 1 fully saturated rings. The molecule has 104 valence electrons. The first kappa shape index (κ1) is 12.7. The minimum atomic E-state index is 0.182. The number of nitrogens with one attached hydrogen (secondary N) is 1. The van der Waals surface area contributed by atoms with Crippen molar-refractivity contribution < 1.29 is 14.6 Å². The van der Waals surface area contributed by atoms with Gasteiger partial charge >= 0.3 is 0 Å². The Hall–Kier alpha value is -1.30. The molecule has 1 aromatic rings. The van der Waals surface area contributed by atoms with Gasteiger partial charge in [-0.05, 0) is 24.6 Å². The molecule has 0 amide bonds. The summed E-state index contributed by atoms with van der Waals surface area (Å²) in [6.45, 7) is 5.27.